The molecule has 0 aliphatic heterocycles. The van der Waals surface area contributed by atoms with Crippen LogP contribution in [0.4, 0.5) is 0 Å². The largest absolute Gasteiger partial charge is 0.372 e. The van der Waals surface area contributed by atoms with Gasteiger partial charge in [-0.2, -0.15) is 0 Å². The lowest BCUT2D eigenvalue weighted by Crippen LogP contribution is -2.23. The van der Waals surface area contributed by atoms with Gasteiger partial charge in [-0.3, -0.25) is 4.57 Å². The van der Waals surface area contributed by atoms with Gasteiger partial charge in [0.15, 0.2) is 0 Å². The minimum absolute atomic E-state index is 0.438. The monoisotopic (exact) mass is 259 g/mol. The molecule has 1 heterocycles. The van der Waals surface area contributed by atoms with Crippen molar-refractivity contribution in [3.63, 3.8) is 0 Å². The zero-order chi connectivity index (χ0) is 11.0. The second-order valence-electron chi connectivity index (χ2n) is 2.34. The van der Waals surface area contributed by atoms with Gasteiger partial charge in [0.2, 0.25) is 8.38 Å². The summed E-state index contributed by atoms with van der Waals surface area (Å²) in [5, 5.41) is 7.64. The Balaban J connectivity index is 3.27. The van der Waals surface area contributed by atoms with Crippen LogP contribution in [-0.2, 0) is 9.65 Å². The molecule has 7 nitrogen and oxygen atoms in total. The molecule has 1 aromatic rings. The molecule has 0 saturated carbocycles. The van der Waals surface area contributed by atoms with Crippen LogP contribution in [0.2, 0.25) is 0 Å². The number of rotatable bonds is 3. The average molecular weight is 259 g/mol. The molecule has 80 valence electrons. The number of hydrogen-bond acceptors (Lipinski definition) is 6. The summed E-state index contributed by atoms with van der Waals surface area (Å²) in [7, 11) is -8.35. The van der Waals surface area contributed by atoms with Crippen molar-refractivity contribution in [1.82, 2.24) is 4.98 Å². The third kappa shape index (κ3) is 1.88. The third-order valence-electron chi connectivity index (χ3n) is 1.46. The minimum Gasteiger partial charge on any atom is -0.365 e. The van der Waals surface area contributed by atoms with Gasteiger partial charge in [0, 0.05) is 5.38 Å². The molecule has 0 spiro atoms. The van der Waals surface area contributed by atoms with Gasteiger partial charge in [0.05, 0.1) is 5.51 Å². The highest BCUT2D eigenvalue weighted by Gasteiger charge is 2.55. The zero-order valence-corrected chi connectivity index (χ0v) is 9.15. The minimum atomic E-state index is -5.10. The summed E-state index contributed by atoms with van der Waals surface area (Å²) in [6.45, 7) is 0. The highest BCUT2D eigenvalue weighted by atomic mass is 32.1. The highest BCUT2D eigenvalue weighted by Crippen LogP contribution is 2.68. The normalized spacial score (nSPS) is 17.0. The molecule has 0 aliphatic rings. The summed E-state index contributed by atoms with van der Waals surface area (Å²) < 4.78 is 10.9. The van der Waals surface area contributed by atoms with E-state index in [1.54, 1.807) is 0 Å². The quantitative estimate of drug-likeness (QED) is 0.471. The molecular formula is C4H7NO6P2S. The molecule has 0 saturated heterocycles. The fourth-order valence-electron chi connectivity index (χ4n) is 0.746. The molecule has 1 atom stereocenters. The lowest BCUT2D eigenvalue weighted by Gasteiger charge is -2.27. The van der Waals surface area contributed by atoms with E-state index in [0.29, 0.717) is 0 Å². The van der Waals surface area contributed by atoms with Crippen molar-refractivity contribution in [3.8, 4) is 0 Å². The third-order valence-corrected chi connectivity index (χ3v) is 5.19. The lowest BCUT2D eigenvalue weighted by atomic mass is 10.5. The fourth-order valence-corrected chi connectivity index (χ4v) is 3.20. The van der Waals surface area contributed by atoms with Gasteiger partial charge in [-0.25, -0.2) is 4.98 Å². The van der Waals surface area contributed by atoms with Crippen LogP contribution in [0.1, 0.15) is 5.69 Å². The molecule has 0 amide bonds. The molecule has 10 heteroatoms. The van der Waals surface area contributed by atoms with Crippen LogP contribution in [0.3, 0.4) is 0 Å². The first-order chi connectivity index (χ1) is 6.30. The predicted octanol–water partition coefficient (Wildman–Crippen LogP) is -0.280. The maximum atomic E-state index is 10.9. The Morgan fingerprint density at radius 1 is 1.50 bits per heavy atom. The van der Waals surface area contributed by atoms with Crippen LogP contribution >= 0.6 is 27.3 Å². The van der Waals surface area contributed by atoms with Crippen LogP contribution in [0.25, 0.3) is 0 Å². The number of thiazole rings is 1. The van der Waals surface area contributed by atoms with Gasteiger partial charge in [0.25, 0.3) is 5.08 Å². The summed E-state index contributed by atoms with van der Waals surface area (Å²) >= 11 is 0.974. The summed E-state index contributed by atoms with van der Waals surface area (Å²) in [6.07, 6.45) is 0. The number of nitrogens with zero attached hydrogens (tertiary/aromatic N) is 1. The fraction of sp³-hybridized carbons (Fsp3) is 0.250. The van der Waals surface area contributed by atoms with Crippen molar-refractivity contribution in [2.45, 2.75) is 5.08 Å². The molecule has 5 N–H and O–H groups in total. The van der Waals surface area contributed by atoms with Crippen molar-refractivity contribution < 1.29 is 29.2 Å². The van der Waals surface area contributed by atoms with Crippen molar-refractivity contribution >= 4 is 27.3 Å². The summed E-state index contributed by atoms with van der Waals surface area (Å²) in [5.74, 6) is 0. The van der Waals surface area contributed by atoms with Gasteiger partial charge in [-0.05, 0) is 0 Å². The Morgan fingerprint density at radius 3 is 2.36 bits per heavy atom. The van der Waals surface area contributed by atoms with E-state index in [9.17, 15) is 9.67 Å². The molecule has 1 aromatic heterocycles. The first kappa shape index (κ1) is 12.2. The second kappa shape index (κ2) is 3.92. The maximum Gasteiger partial charge on any atom is 0.372 e. The smallest absolute Gasteiger partial charge is 0.365 e. The molecule has 0 bridgehead atoms. The van der Waals surface area contributed by atoms with E-state index in [1.165, 1.54) is 5.51 Å². The molecule has 14 heavy (non-hydrogen) atoms. The second-order valence-corrected chi connectivity index (χ2v) is 6.38. The van der Waals surface area contributed by atoms with Crippen molar-refractivity contribution in [2.75, 3.05) is 0 Å². The van der Waals surface area contributed by atoms with Gasteiger partial charge < -0.3 is 24.7 Å². The van der Waals surface area contributed by atoms with Crippen LogP contribution in [-0.4, -0.2) is 29.7 Å². The standard InChI is InChI=1S/C4H7NO6P2S/c6-4(12(7)8,13(9,10)11)3-1-14-2-5-3/h1-2,6-8H,(H2,9,10,11). The number of aromatic nitrogens is 1. The Labute approximate surface area is 83.8 Å². The first-order valence-corrected chi connectivity index (χ1v) is 6.95. The number of hydrogen-bond donors (Lipinski definition) is 5. The average Bonchev–Trinajstić information content (AvgIpc) is 2.52. The topological polar surface area (TPSA) is 131 Å². The van der Waals surface area contributed by atoms with E-state index in [2.05, 4.69) is 4.98 Å². The van der Waals surface area contributed by atoms with E-state index >= 15 is 0 Å². The van der Waals surface area contributed by atoms with Gasteiger partial charge in [0.1, 0.15) is 5.69 Å². The van der Waals surface area contributed by atoms with Crippen LogP contribution < -0.4 is 0 Å². The van der Waals surface area contributed by atoms with Crippen LogP contribution in [0, 0.1) is 0 Å². The van der Waals surface area contributed by atoms with Crippen molar-refractivity contribution in [2.24, 2.45) is 0 Å². The van der Waals surface area contributed by atoms with Crippen LogP contribution in [0.15, 0.2) is 10.9 Å². The van der Waals surface area contributed by atoms with Gasteiger partial charge in [-0.1, -0.05) is 0 Å². The molecular weight excluding hydrogens is 252 g/mol. The highest BCUT2D eigenvalue weighted by molar-refractivity contribution is 7.68. The Hall–Kier alpha value is 0.0900. The lowest BCUT2D eigenvalue weighted by molar-refractivity contribution is 0.144. The molecule has 1 unspecified atom stereocenters. The summed E-state index contributed by atoms with van der Waals surface area (Å²) in [6, 6.07) is 0. The van der Waals surface area contributed by atoms with E-state index in [4.69, 9.17) is 19.6 Å². The molecule has 1 rings (SSSR count). The molecule has 0 aliphatic carbocycles. The summed E-state index contributed by atoms with van der Waals surface area (Å²) in [5.41, 5.74) is 0.779. The molecule has 0 fully saturated rings. The molecule has 0 aromatic carbocycles. The Bertz CT molecular complexity index is 349. The van der Waals surface area contributed by atoms with E-state index < -0.39 is 26.7 Å². The molecule has 0 radical (unpaired) electrons. The summed E-state index contributed by atoms with van der Waals surface area (Å²) in [4.78, 5) is 38.7. The SMILES string of the molecule is O=P(O)(O)C(O)(c1cscn1)P(O)O. The van der Waals surface area contributed by atoms with Crippen molar-refractivity contribution in [1.29, 1.82) is 0 Å². The maximum absolute atomic E-state index is 10.9. The van der Waals surface area contributed by atoms with Gasteiger partial charge in [-0.15, -0.1) is 11.3 Å². The van der Waals surface area contributed by atoms with E-state index in [0.717, 1.165) is 16.7 Å². The van der Waals surface area contributed by atoms with E-state index in [1.807, 2.05) is 0 Å². The first-order valence-electron chi connectivity index (χ1n) is 3.15. The van der Waals surface area contributed by atoms with Crippen molar-refractivity contribution in [3.05, 3.63) is 16.6 Å². The number of aliphatic hydroxyl groups is 1. The van der Waals surface area contributed by atoms with Gasteiger partial charge >= 0.3 is 7.60 Å². The van der Waals surface area contributed by atoms with Crippen LogP contribution in [0.5, 0.6) is 0 Å². The Morgan fingerprint density at radius 2 is 2.07 bits per heavy atom. The zero-order valence-electron chi connectivity index (χ0n) is 6.55. The Kier molecular flexibility index (Phi) is 3.41. The van der Waals surface area contributed by atoms with E-state index in [-0.39, 0.29) is 0 Å². The predicted molar refractivity (Wildman–Crippen MR) is 49.4 cm³/mol.